The van der Waals surface area contributed by atoms with E-state index < -0.39 is 0 Å². The van der Waals surface area contributed by atoms with Crippen LogP contribution in [-0.4, -0.2) is 30.2 Å². The number of aldehydes is 1. The molecule has 3 N–H and O–H groups in total. The fraction of sp³-hybridized carbons (Fsp3) is 0.565. The Kier molecular flexibility index (Phi) is 16.9. The lowest BCUT2D eigenvalue weighted by Crippen LogP contribution is -2.29. The van der Waals surface area contributed by atoms with Crippen molar-refractivity contribution < 1.29 is 9.59 Å². The largest absolute Gasteiger partial charge is 0.386 e. The topological polar surface area (TPSA) is 70.2 Å². The molecule has 0 rings (SSSR count). The summed E-state index contributed by atoms with van der Waals surface area (Å²) >= 11 is 1.81. The first-order valence-electron chi connectivity index (χ1n) is 10.3. The third-order valence-electron chi connectivity index (χ3n) is 4.12. The smallest absolute Gasteiger partial charge is 0.225 e. The van der Waals surface area contributed by atoms with Gasteiger partial charge in [-0.2, -0.15) is 11.8 Å². The molecular weight excluding hydrogens is 382 g/mol. The molecule has 1 amide bonds. The second kappa shape index (κ2) is 18.1. The van der Waals surface area contributed by atoms with E-state index in [0.717, 1.165) is 54.9 Å². The van der Waals surface area contributed by atoms with E-state index in [-0.39, 0.29) is 0 Å². The maximum Gasteiger partial charge on any atom is 0.225 e. The molecule has 0 saturated carbocycles. The molecule has 1 atom stereocenters. The van der Waals surface area contributed by atoms with Crippen LogP contribution in [0, 0.1) is 0 Å². The van der Waals surface area contributed by atoms with Crippen molar-refractivity contribution in [1.82, 2.24) is 16.2 Å². The molecule has 5 nitrogen and oxygen atoms in total. The van der Waals surface area contributed by atoms with Gasteiger partial charge in [0.15, 0.2) is 0 Å². The van der Waals surface area contributed by atoms with E-state index in [4.69, 9.17) is 0 Å². The Labute approximate surface area is 181 Å². The van der Waals surface area contributed by atoms with Crippen LogP contribution in [0.5, 0.6) is 0 Å². The van der Waals surface area contributed by atoms with Crippen LogP contribution in [0.4, 0.5) is 0 Å². The van der Waals surface area contributed by atoms with Crippen molar-refractivity contribution in [3.05, 3.63) is 47.3 Å². The lowest BCUT2D eigenvalue weighted by Gasteiger charge is -2.16. The second-order valence-electron chi connectivity index (χ2n) is 7.42. The lowest BCUT2D eigenvalue weighted by atomic mass is 10.1. The van der Waals surface area contributed by atoms with E-state index in [0.29, 0.717) is 25.3 Å². The first-order chi connectivity index (χ1) is 13.9. The zero-order valence-corrected chi connectivity index (χ0v) is 19.4. The maximum absolute atomic E-state index is 10.6. The van der Waals surface area contributed by atoms with Crippen LogP contribution >= 0.6 is 11.8 Å². The molecule has 1 unspecified atom stereocenters. The molecular formula is C23H39N3O2S. The highest BCUT2D eigenvalue weighted by atomic mass is 32.2. The Balaban J connectivity index is 4.32. The van der Waals surface area contributed by atoms with Gasteiger partial charge in [0.25, 0.3) is 0 Å². The van der Waals surface area contributed by atoms with Crippen LogP contribution in [0.1, 0.15) is 66.2 Å². The molecule has 0 aliphatic carbocycles. The molecule has 164 valence electrons. The first kappa shape index (κ1) is 27.0. The lowest BCUT2D eigenvalue weighted by molar-refractivity contribution is -0.110. The Morgan fingerprint density at radius 1 is 1.00 bits per heavy atom. The predicted molar refractivity (Wildman–Crippen MR) is 126 cm³/mol. The summed E-state index contributed by atoms with van der Waals surface area (Å²) in [5.41, 5.74) is 10.2. The van der Waals surface area contributed by atoms with Gasteiger partial charge >= 0.3 is 0 Å². The summed E-state index contributed by atoms with van der Waals surface area (Å²) in [5, 5.41) is 3.33. The van der Waals surface area contributed by atoms with E-state index in [1.807, 2.05) is 11.8 Å². The van der Waals surface area contributed by atoms with Gasteiger partial charge < -0.3 is 15.5 Å². The van der Waals surface area contributed by atoms with Crippen LogP contribution in [-0.2, 0) is 9.59 Å². The monoisotopic (exact) mass is 421 g/mol. The van der Waals surface area contributed by atoms with Gasteiger partial charge in [0, 0.05) is 35.4 Å². The van der Waals surface area contributed by atoms with Gasteiger partial charge in [-0.05, 0) is 59.8 Å². The van der Waals surface area contributed by atoms with E-state index in [9.17, 15) is 9.59 Å². The molecule has 29 heavy (non-hydrogen) atoms. The Bertz CT molecular complexity index is 579. The standard InChI is InChI=1S/C23H39N3O2S/c1-19(2)9-6-10-20(3)11-7-13-23(26-24-18-28)14-16-29-17-22(5)25-21(4)12-8-15-27/h9,11,14-15,18,22,25-26H,4,6-8,10,12-13,16-17H2,1-3,5H3,(H,24,28)/b20-11+,23-14-. The number of thioether (sulfide) groups is 1. The number of hydrazine groups is 1. The number of hydrogen-bond acceptors (Lipinski definition) is 5. The van der Waals surface area contributed by atoms with Crippen molar-refractivity contribution in [1.29, 1.82) is 0 Å². The Morgan fingerprint density at radius 2 is 1.72 bits per heavy atom. The summed E-state index contributed by atoms with van der Waals surface area (Å²) in [6.07, 6.45) is 13.4. The summed E-state index contributed by atoms with van der Waals surface area (Å²) in [6.45, 7) is 12.5. The number of nitrogens with one attached hydrogen (secondary N) is 3. The minimum Gasteiger partial charge on any atom is -0.386 e. The molecule has 0 fully saturated rings. The van der Waals surface area contributed by atoms with Crippen LogP contribution in [0.15, 0.2) is 47.3 Å². The quantitative estimate of drug-likeness (QED) is 0.128. The van der Waals surface area contributed by atoms with Gasteiger partial charge in [0.05, 0.1) is 0 Å². The highest BCUT2D eigenvalue weighted by molar-refractivity contribution is 7.99. The average molecular weight is 422 g/mol. The van der Waals surface area contributed by atoms with Crippen molar-refractivity contribution >= 4 is 24.5 Å². The normalized spacial score (nSPS) is 12.7. The van der Waals surface area contributed by atoms with Gasteiger partial charge in [0.2, 0.25) is 6.41 Å². The highest BCUT2D eigenvalue weighted by Gasteiger charge is 2.03. The van der Waals surface area contributed by atoms with Crippen LogP contribution in [0.3, 0.4) is 0 Å². The zero-order valence-electron chi connectivity index (χ0n) is 18.6. The maximum atomic E-state index is 10.6. The molecule has 0 spiro atoms. The molecule has 0 aliphatic rings. The summed E-state index contributed by atoms with van der Waals surface area (Å²) in [5.74, 6) is 1.80. The summed E-state index contributed by atoms with van der Waals surface area (Å²) in [4.78, 5) is 21.0. The zero-order chi connectivity index (χ0) is 21.9. The van der Waals surface area contributed by atoms with Gasteiger partial charge in [-0.3, -0.25) is 10.2 Å². The highest BCUT2D eigenvalue weighted by Crippen LogP contribution is 2.12. The molecule has 0 bridgehead atoms. The van der Waals surface area contributed by atoms with Crippen LogP contribution in [0.2, 0.25) is 0 Å². The van der Waals surface area contributed by atoms with Crippen molar-refractivity contribution in [2.75, 3.05) is 11.5 Å². The van der Waals surface area contributed by atoms with Crippen molar-refractivity contribution in [3.63, 3.8) is 0 Å². The SMILES string of the molecule is C=C(CCC=O)NC(C)CSC/C=C(/CC/C=C(\C)CCC=C(C)C)NNC=O. The van der Waals surface area contributed by atoms with Gasteiger partial charge in [-0.25, -0.2) is 0 Å². The van der Waals surface area contributed by atoms with E-state index >= 15 is 0 Å². The number of amides is 1. The minimum absolute atomic E-state index is 0.295. The van der Waals surface area contributed by atoms with Crippen LogP contribution < -0.4 is 16.2 Å². The first-order valence-corrected chi connectivity index (χ1v) is 11.4. The fourth-order valence-corrected chi connectivity index (χ4v) is 3.49. The molecule has 0 aromatic rings. The predicted octanol–water partition coefficient (Wildman–Crippen LogP) is 4.80. The second-order valence-corrected chi connectivity index (χ2v) is 8.49. The van der Waals surface area contributed by atoms with E-state index in [1.165, 1.54) is 11.1 Å². The minimum atomic E-state index is 0.295. The third kappa shape index (κ3) is 17.9. The van der Waals surface area contributed by atoms with Gasteiger partial charge in [-0.1, -0.05) is 36.0 Å². The fourth-order valence-electron chi connectivity index (χ4n) is 2.60. The number of allylic oxidation sites excluding steroid dienone is 6. The number of carbonyl (C=O) groups is 2. The third-order valence-corrected chi connectivity index (χ3v) is 5.26. The van der Waals surface area contributed by atoms with Gasteiger partial charge in [0.1, 0.15) is 6.29 Å². The molecule has 0 aromatic heterocycles. The summed E-state index contributed by atoms with van der Waals surface area (Å²) in [7, 11) is 0. The van der Waals surface area contributed by atoms with Crippen molar-refractivity contribution in [2.45, 2.75) is 72.3 Å². The van der Waals surface area contributed by atoms with E-state index in [2.05, 4.69) is 68.7 Å². The van der Waals surface area contributed by atoms with Gasteiger partial charge in [-0.15, -0.1) is 0 Å². The summed E-state index contributed by atoms with van der Waals surface area (Å²) < 4.78 is 0. The average Bonchev–Trinajstić information content (AvgIpc) is 2.66. The molecule has 0 saturated heterocycles. The number of rotatable bonds is 18. The van der Waals surface area contributed by atoms with E-state index in [1.54, 1.807) is 0 Å². The van der Waals surface area contributed by atoms with Crippen molar-refractivity contribution in [2.24, 2.45) is 0 Å². The molecule has 0 heterocycles. The molecule has 0 radical (unpaired) electrons. The Hall–Kier alpha value is -1.95. The molecule has 6 heteroatoms. The number of hydrogen-bond donors (Lipinski definition) is 3. The number of carbonyl (C=O) groups excluding carboxylic acids is 2. The molecule has 0 aromatic carbocycles. The van der Waals surface area contributed by atoms with Crippen LogP contribution in [0.25, 0.3) is 0 Å². The summed E-state index contributed by atoms with van der Waals surface area (Å²) in [6, 6.07) is 0.295. The molecule has 0 aliphatic heterocycles. The Morgan fingerprint density at radius 3 is 2.38 bits per heavy atom. The van der Waals surface area contributed by atoms with Crippen molar-refractivity contribution in [3.8, 4) is 0 Å².